The summed E-state index contributed by atoms with van der Waals surface area (Å²) < 4.78 is 4.98. The van der Waals surface area contributed by atoms with Crippen LogP contribution < -0.4 is 10.2 Å². The largest absolute Gasteiger partial charge is 0.447 e. The Morgan fingerprint density at radius 2 is 2.00 bits per heavy atom. The molecule has 130 valence electrons. The average molecular weight is 338 g/mol. The van der Waals surface area contributed by atoms with Crippen molar-refractivity contribution in [2.45, 2.75) is 26.7 Å². The van der Waals surface area contributed by atoms with Gasteiger partial charge >= 0.3 is 6.09 Å². The fourth-order valence-electron chi connectivity index (χ4n) is 3.01. The van der Waals surface area contributed by atoms with Crippen LogP contribution in [0.15, 0.2) is 42.5 Å². The Kier molecular flexibility index (Phi) is 5.03. The molecular formula is C20H22N2O3. The summed E-state index contributed by atoms with van der Waals surface area (Å²) in [4.78, 5) is 25.7. The molecule has 0 atom stereocenters. The maximum Gasteiger partial charge on any atom is 0.414 e. The van der Waals surface area contributed by atoms with Gasteiger partial charge in [-0.15, -0.1) is 0 Å². The maximum absolute atomic E-state index is 12.4. The molecule has 5 heteroatoms. The number of nitrogens with zero attached hydrogens (tertiary/aromatic N) is 1. The second kappa shape index (κ2) is 7.38. The number of hydrogen-bond donors (Lipinski definition) is 1. The van der Waals surface area contributed by atoms with Crippen LogP contribution in [-0.4, -0.2) is 25.2 Å². The molecule has 2 amide bonds. The Balaban J connectivity index is 1.66. The number of aryl methyl sites for hydroxylation is 3. The average Bonchev–Trinajstić information content (AvgIpc) is 3.00. The lowest BCUT2D eigenvalue weighted by molar-refractivity contribution is -0.116. The molecular weight excluding hydrogens is 316 g/mol. The van der Waals surface area contributed by atoms with E-state index in [1.54, 1.807) is 11.0 Å². The Bertz CT molecular complexity index is 801. The molecule has 5 nitrogen and oxygen atoms in total. The number of amides is 2. The zero-order valence-electron chi connectivity index (χ0n) is 14.5. The molecule has 0 unspecified atom stereocenters. The highest BCUT2D eigenvalue weighted by atomic mass is 16.6. The molecule has 1 saturated heterocycles. The Morgan fingerprint density at radius 1 is 1.20 bits per heavy atom. The van der Waals surface area contributed by atoms with Crippen LogP contribution in [0.1, 0.15) is 23.1 Å². The summed E-state index contributed by atoms with van der Waals surface area (Å²) in [6.45, 7) is 4.99. The number of cyclic esters (lactones) is 1. The van der Waals surface area contributed by atoms with Crippen LogP contribution in [-0.2, 0) is 16.0 Å². The molecule has 0 aliphatic carbocycles. The van der Waals surface area contributed by atoms with Crippen LogP contribution in [0.3, 0.4) is 0 Å². The van der Waals surface area contributed by atoms with Gasteiger partial charge in [0.25, 0.3) is 0 Å². The van der Waals surface area contributed by atoms with E-state index in [2.05, 4.69) is 37.4 Å². The Hall–Kier alpha value is -2.82. The fourth-order valence-corrected chi connectivity index (χ4v) is 3.01. The summed E-state index contributed by atoms with van der Waals surface area (Å²) in [5.41, 5.74) is 4.90. The quantitative estimate of drug-likeness (QED) is 0.901. The Labute approximate surface area is 147 Å². The van der Waals surface area contributed by atoms with Gasteiger partial charge < -0.3 is 10.1 Å². The van der Waals surface area contributed by atoms with Crippen LogP contribution in [0.2, 0.25) is 0 Å². The SMILES string of the molecule is Cc1ccc(CCC(=O)Nc2ccccc2N2CCOC2=O)c(C)c1. The third kappa shape index (κ3) is 3.99. The second-order valence-electron chi connectivity index (χ2n) is 6.26. The highest BCUT2D eigenvalue weighted by Crippen LogP contribution is 2.28. The van der Waals surface area contributed by atoms with Gasteiger partial charge in [-0.2, -0.15) is 0 Å². The van der Waals surface area contributed by atoms with E-state index in [9.17, 15) is 9.59 Å². The van der Waals surface area contributed by atoms with E-state index in [0.717, 1.165) is 0 Å². The molecule has 0 radical (unpaired) electrons. The van der Waals surface area contributed by atoms with E-state index < -0.39 is 0 Å². The van der Waals surface area contributed by atoms with E-state index in [4.69, 9.17) is 4.74 Å². The first kappa shape index (κ1) is 17.0. The monoisotopic (exact) mass is 338 g/mol. The van der Waals surface area contributed by atoms with Gasteiger partial charge in [-0.25, -0.2) is 4.79 Å². The highest BCUT2D eigenvalue weighted by molar-refractivity contribution is 5.99. The number of ether oxygens (including phenoxy) is 1. The van der Waals surface area contributed by atoms with Gasteiger partial charge in [0.2, 0.25) is 5.91 Å². The van der Waals surface area contributed by atoms with Gasteiger partial charge in [0.1, 0.15) is 6.61 Å². The lowest BCUT2D eigenvalue weighted by Gasteiger charge is -2.17. The van der Waals surface area contributed by atoms with Gasteiger partial charge in [-0.1, -0.05) is 35.9 Å². The smallest absolute Gasteiger partial charge is 0.414 e. The molecule has 0 spiro atoms. The van der Waals surface area contributed by atoms with E-state index >= 15 is 0 Å². The van der Waals surface area contributed by atoms with Crippen molar-refractivity contribution >= 4 is 23.4 Å². The molecule has 1 heterocycles. The van der Waals surface area contributed by atoms with Crippen molar-refractivity contribution in [3.63, 3.8) is 0 Å². The van der Waals surface area contributed by atoms with Gasteiger partial charge in [0.15, 0.2) is 0 Å². The zero-order valence-corrected chi connectivity index (χ0v) is 14.5. The van der Waals surface area contributed by atoms with E-state index in [-0.39, 0.29) is 12.0 Å². The topological polar surface area (TPSA) is 58.6 Å². The molecule has 0 aromatic heterocycles. The third-order valence-corrected chi connectivity index (χ3v) is 4.35. The van der Waals surface area contributed by atoms with Crippen LogP contribution in [0.5, 0.6) is 0 Å². The minimum absolute atomic E-state index is 0.0695. The maximum atomic E-state index is 12.4. The lowest BCUT2D eigenvalue weighted by Crippen LogP contribution is -2.25. The molecule has 2 aromatic rings. The number of para-hydroxylation sites is 2. The number of benzene rings is 2. The molecule has 0 bridgehead atoms. The number of nitrogens with one attached hydrogen (secondary N) is 1. The summed E-state index contributed by atoms with van der Waals surface area (Å²) in [5.74, 6) is -0.0695. The molecule has 0 saturated carbocycles. The number of carbonyl (C=O) groups is 2. The van der Waals surface area contributed by atoms with Crippen molar-refractivity contribution in [1.82, 2.24) is 0 Å². The Morgan fingerprint density at radius 3 is 2.72 bits per heavy atom. The summed E-state index contributed by atoms with van der Waals surface area (Å²) in [7, 11) is 0. The number of anilines is 2. The van der Waals surface area contributed by atoms with E-state index in [1.807, 2.05) is 18.2 Å². The van der Waals surface area contributed by atoms with E-state index in [0.29, 0.717) is 37.4 Å². The summed E-state index contributed by atoms with van der Waals surface area (Å²) >= 11 is 0. The minimum atomic E-state index is -0.378. The predicted molar refractivity (Wildman–Crippen MR) is 98.0 cm³/mol. The molecule has 1 aliphatic heterocycles. The summed E-state index contributed by atoms with van der Waals surface area (Å²) in [5, 5.41) is 2.92. The van der Waals surface area contributed by atoms with Gasteiger partial charge in [0, 0.05) is 6.42 Å². The van der Waals surface area contributed by atoms with Crippen molar-refractivity contribution < 1.29 is 14.3 Å². The normalized spacial score (nSPS) is 13.7. The first-order valence-corrected chi connectivity index (χ1v) is 8.44. The van der Waals surface area contributed by atoms with Crippen LogP contribution in [0.25, 0.3) is 0 Å². The van der Waals surface area contributed by atoms with Crippen molar-refractivity contribution in [1.29, 1.82) is 0 Å². The van der Waals surface area contributed by atoms with E-state index in [1.165, 1.54) is 16.7 Å². The van der Waals surface area contributed by atoms with Crippen molar-refractivity contribution in [2.75, 3.05) is 23.4 Å². The van der Waals surface area contributed by atoms with Crippen LogP contribution >= 0.6 is 0 Å². The van der Waals surface area contributed by atoms with Crippen molar-refractivity contribution in [3.8, 4) is 0 Å². The first-order chi connectivity index (χ1) is 12.0. The third-order valence-electron chi connectivity index (χ3n) is 4.35. The van der Waals surface area contributed by atoms with Crippen LogP contribution in [0, 0.1) is 13.8 Å². The number of rotatable bonds is 5. The number of hydrogen-bond acceptors (Lipinski definition) is 3. The van der Waals surface area contributed by atoms with Crippen LogP contribution in [0.4, 0.5) is 16.2 Å². The summed E-state index contributed by atoms with van der Waals surface area (Å²) in [6, 6.07) is 13.6. The standard InChI is InChI=1S/C20H22N2O3/c1-14-7-8-16(15(2)13-14)9-10-19(23)21-17-5-3-4-6-18(17)22-11-12-25-20(22)24/h3-8,13H,9-12H2,1-2H3,(H,21,23). The molecule has 1 aliphatic rings. The second-order valence-corrected chi connectivity index (χ2v) is 6.26. The molecule has 1 fully saturated rings. The molecule has 1 N–H and O–H groups in total. The lowest BCUT2D eigenvalue weighted by atomic mass is 10.0. The number of carbonyl (C=O) groups excluding carboxylic acids is 2. The van der Waals surface area contributed by atoms with Gasteiger partial charge in [-0.05, 0) is 43.5 Å². The highest BCUT2D eigenvalue weighted by Gasteiger charge is 2.25. The van der Waals surface area contributed by atoms with Crippen molar-refractivity contribution in [2.24, 2.45) is 0 Å². The van der Waals surface area contributed by atoms with Crippen molar-refractivity contribution in [3.05, 3.63) is 59.2 Å². The first-order valence-electron chi connectivity index (χ1n) is 8.44. The minimum Gasteiger partial charge on any atom is -0.447 e. The molecule has 3 rings (SSSR count). The summed E-state index contributed by atoms with van der Waals surface area (Å²) in [6.07, 6.45) is 0.700. The predicted octanol–water partition coefficient (Wildman–Crippen LogP) is 3.83. The van der Waals surface area contributed by atoms with Gasteiger partial charge in [0.05, 0.1) is 17.9 Å². The fraction of sp³-hybridized carbons (Fsp3) is 0.300. The van der Waals surface area contributed by atoms with Gasteiger partial charge in [-0.3, -0.25) is 9.69 Å². The molecule has 25 heavy (non-hydrogen) atoms. The molecule has 2 aromatic carbocycles. The zero-order chi connectivity index (χ0) is 17.8.